The molecule has 0 aliphatic rings. The van der Waals surface area contributed by atoms with Crippen LogP contribution >= 0.6 is 26.1 Å². The zero-order valence-electron chi connectivity index (χ0n) is 6.87. The van der Waals surface area contributed by atoms with Gasteiger partial charge in [-0.15, -0.1) is 0 Å². The first-order valence-corrected chi connectivity index (χ1v) is 2.91. The smallest absolute Gasteiger partial charge is 1.00 e. The van der Waals surface area contributed by atoms with E-state index in [-0.39, 0.29) is 44.5 Å². The van der Waals surface area contributed by atoms with Crippen molar-refractivity contribution in [3.63, 3.8) is 0 Å². The molecule has 0 saturated heterocycles. The van der Waals surface area contributed by atoms with E-state index in [1.54, 1.807) is 0 Å². The zero-order valence-corrected chi connectivity index (χ0v) is 9.77. The van der Waals surface area contributed by atoms with E-state index in [4.69, 9.17) is 10.8 Å². The molecule has 0 fully saturated rings. The summed E-state index contributed by atoms with van der Waals surface area (Å²) in [7, 11) is 0. The van der Waals surface area contributed by atoms with Crippen molar-refractivity contribution in [2.45, 2.75) is 12.5 Å². The second-order valence-corrected chi connectivity index (χ2v) is 1.90. The van der Waals surface area contributed by atoms with Gasteiger partial charge in [0.05, 0.1) is 0 Å². The molecule has 0 rings (SSSR count). The summed E-state index contributed by atoms with van der Waals surface area (Å²) in [4.78, 5) is 9.93. The molecule has 0 aliphatic heterocycles. The third-order valence-corrected chi connectivity index (χ3v) is 1.02. The summed E-state index contributed by atoms with van der Waals surface area (Å²) in [5.41, 5.74) is 5.08. The largest absolute Gasteiger partial charge is 1.00 e. The van der Waals surface area contributed by atoms with Crippen LogP contribution in [0.15, 0.2) is 0 Å². The molecule has 0 bridgehead atoms. The first-order chi connectivity index (χ1) is 3.68. The number of carboxylic acid groups (broad SMARTS) is 1. The Morgan fingerprint density at radius 2 is 2.20 bits per heavy atom. The summed E-state index contributed by atoms with van der Waals surface area (Å²) in [5.74, 6) is -0.438. The Hall–Kier alpha value is 1.13. The number of aliphatic carboxylic acids is 1. The van der Waals surface area contributed by atoms with Crippen LogP contribution in [0.4, 0.5) is 0 Å². The number of hydrogen-bond acceptors (Lipinski definition) is 3. The van der Waals surface area contributed by atoms with Gasteiger partial charge < -0.3 is 12.3 Å². The van der Waals surface area contributed by atoms with E-state index in [1.165, 1.54) is 0 Å². The van der Waals surface area contributed by atoms with Crippen LogP contribution < -0.4 is 35.3 Å². The molecule has 58 valence electrons. The average molecular weight is 193 g/mol. The number of carbonyl (C=O) groups is 1. The van der Waals surface area contributed by atoms with E-state index >= 15 is 0 Å². The molecule has 0 amide bonds. The van der Waals surface area contributed by atoms with E-state index in [2.05, 4.69) is 12.6 Å². The molecule has 0 aliphatic carbocycles. The Morgan fingerprint density at radius 1 is 1.80 bits per heavy atom. The van der Waals surface area contributed by atoms with Crippen LogP contribution in [0, 0.1) is 0 Å². The van der Waals surface area contributed by atoms with Crippen LogP contribution in [-0.4, -0.2) is 22.9 Å². The number of carboxylic acids is 1. The Kier molecular flexibility index (Phi) is 17.5. The molecule has 0 saturated carbocycles. The Labute approximate surface area is 96.4 Å². The van der Waals surface area contributed by atoms with Crippen molar-refractivity contribution in [3.8, 4) is 0 Å². The Balaban J connectivity index is -0.0000000817. The fraction of sp³-hybridized carbons (Fsp3) is 0.750. The fourth-order valence-corrected chi connectivity index (χ4v) is 0.541. The summed E-state index contributed by atoms with van der Waals surface area (Å²) < 4.78 is 0. The van der Waals surface area contributed by atoms with E-state index in [1.807, 2.05) is 0 Å². The number of thiol groups is 1. The minimum Gasteiger partial charge on any atom is -1.00 e. The quantitative estimate of drug-likeness (QED) is 0.329. The monoisotopic (exact) mass is 193 g/mol. The minimum atomic E-state index is -0.959. The van der Waals surface area contributed by atoms with E-state index in [0.717, 1.165) is 0 Å². The average Bonchev–Trinajstić information content (AvgIpc) is 1.67. The molecule has 3 N–H and O–H groups in total. The standard InChI is InChI=1S/C4H9NO2S.Na.H2S.H/c5-3(1-2-8)4(6)7;;;/h3,8H,1-2,5H2,(H,6,7);;1H2;/q;+1;;-1/t3-;;;/m0.../s1. The Morgan fingerprint density at radius 3 is 2.30 bits per heavy atom. The minimum absolute atomic E-state index is 0. The number of hydrogen-bond donors (Lipinski definition) is 3. The maximum Gasteiger partial charge on any atom is 1.00 e. The molecule has 0 aromatic carbocycles. The van der Waals surface area contributed by atoms with E-state index < -0.39 is 12.0 Å². The van der Waals surface area contributed by atoms with Gasteiger partial charge in [-0.1, -0.05) is 0 Å². The summed E-state index contributed by atoms with van der Waals surface area (Å²) in [6.45, 7) is 0. The van der Waals surface area contributed by atoms with Crippen LogP contribution in [0.1, 0.15) is 7.85 Å². The van der Waals surface area contributed by atoms with Gasteiger partial charge in [-0.2, -0.15) is 26.1 Å². The molecular formula is C4H12NNaO2S2. The maximum absolute atomic E-state index is 9.93. The maximum atomic E-state index is 9.93. The predicted octanol–water partition coefficient (Wildman–Crippen LogP) is -3.05. The predicted molar refractivity (Wildman–Crippen MR) is 45.6 cm³/mol. The van der Waals surface area contributed by atoms with E-state index in [0.29, 0.717) is 12.2 Å². The fourth-order valence-electron chi connectivity index (χ4n) is 0.263. The molecule has 1 atom stereocenters. The molecule has 0 radical (unpaired) electrons. The van der Waals surface area contributed by atoms with Gasteiger partial charge in [-0.05, 0) is 12.2 Å². The van der Waals surface area contributed by atoms with Crippen molar-refractivity contribution in [1.82, 2.24) is 0 Å². The van der Waals surface area contributed by atoms with Gasteiger partial charge in [-0.25, -0.2) is 0 Å². The second-order valence-electron chi connectivity index (χ2n) is 1.46. The normalized spacial score (nSPS) is 10.6. The van der Waals surface area contributed by atoms with Crippen LogP contribution in [0.2, 0.25) is 0 Å². The molecule has 0 aromatic rings. The number of nitrogens with two attached hydrogens (primary N) is 1. The molecule has 0 spiro atoms. The zero-order chi connectivity index (χ0) is 6.57. The van der Waals surface area contributed by atoms with Crippen LogP contribution in [0.25, 0.3) is 0 Å². The molecule has 0 aromatic heterocycles. The molecule has 10 heavy (non-hydrogen) atoms. The van der Waals surface area contributed by atoms with Crippen molar-refractivity contribution in [2.75, 3.05) is 5.75 Å². The van der Waals surface area contributed by atoms with Gasteiger partial charge in [0.15, 0.2) is 0 Å². The summed E-state index contributed by atoms with van der Waals surface area (Å²) >= 11 is 3.81. The first-order valence-electron chi connectivity index (χ1n) is 2.27. The molecule has 0 unspecified atom stereocenters. The van der Waals surface area contributed by atoms with Crippen molar-refractivity contribution in [2.24, 2.45) is 5.73 Å². The SMILES string of the molecule is N[C@@H](CCS)C(=O)O.S.[H-].[Na+]. The summed E-state index contributed by atoms with van der Waals surface area (Å²) in [5, 5.41) is 8.15. The number of rotatable bonds is 3. The van der Waals surface area contributed by atoms with Gasteiger partial charge in [-0.3, -0.25) is 4.79 Å². The third kappa shape index (κ3) is 9.13. The van der Waals surface area contributed by atoms with Crippen molar-refractivity contribution in [3.05, 3.63) is 0 Å². The van der Waals surface area contributed by atoms with Crippen molar-refractivity contribution >= 4 is 32.1 Å². The van der Waals surface area contributed by atoms with E-state index in [9.17, 15) is 4.79 Å². The molecular weight excluding hydrogens is 181 g/mol. The van der Waals surface area contributed by atoms with Gasteiger partial charge in [0.25, 0.3) is 0 Å². The van der Waals surface area contributed by atoms with Crippen molar-refractivity contribution < 1.29 is 40.9 Å². The second kappa shape index (κ2) is 10.1. The first kappa shape index (κ1) is 17.3. The summed E-state index contributed by atoms with van der Waals surface area (Å²) in [6, 6.07) is -0.743. The third-order valence-electron chi connectivity index (χ3n) is 0.757. The van der Waals surface area contributed by atoms with Crippen LogP contribution in [0.5, 0.6) is 0 Å². The van der Waals surface area contributed by atoms with Gasteiger partial charge in [0.2, 0.25) is 0 Å². The van der Waals surface area contributed by atoms with Gasteiger partial charge in [0.1, 0.15) is 6.04 Å². The molecule has 6 heteroatoms. The van der Waals surface area contributed by atoms with Crippen molar-refractivity contribution in [1.29, 1.82) is 0 Å². The molecule has 3 nitrogen and oxygen atoms in total. The van der Waals surface area contributed by atoms with Crippen LogP contribution in [0.3, 0.4) is 0 Å². The van der Waals surface area contributed by atoms with Gasteiger partial charge in [0, 0.05) is 0 Å². The molecule has 0 heterocycles. The van der Waals surface area contributed by atoms with Crippen LogP contribution in [-0.2, 0) is 4.79 Å². The Bertz CT molecular complexity index is 98.2. The van der Waals surface area contributed by atoms with Gasteiger partial charge >= 0.3 is 35.5 Å². The topological polar surface area (TPSA) is 63.3 Å². The summed E-state index contributed by atoms with van der Waals surface area (Å²) in [6.07, 6.45) is 0.429.